The summed E-state index contributed by atoms with van der Waals surface area (Å²) in [6.07, 6.45) is 1.36. The Morgan fingerprint density at radius 3 is 2.77 bits per heavy atom. The highest BCUT2D eigenvalue weighted by Gasteiger charge is 2.30. The molecule has 0 aliphatic carbocycles. The van der Waals surface area contributed by atoms with Crippen LogP contribution in [-0.4, -0.2) is 42.6 Å². The molecule has 1 unspecified atom stereocenters. The van der Waals surface area contributed by atoms with Crippen LogP contribution in [0.5, 0.6) is 11.5 Å². The summed E-state index contributed by atoms with van der Waals surface area (Å²) in [6, 6.07) is 5.46. The van der Waals surface area contributed by atoms with Gasteiger partial charge < -0.3 is 19.5 Å². The number of nitrogens with zero attached hydrogens (tertiary/aromatic N) is 1. The Balaban J connectivity index is 2.12. The van der Waals surface area contributed by atoms with Crippen LogP contribution in [-0.2, 0) is 16.1 Å². The average molecular weight is 307 g/mol. The van der Waals surface area contributed by atoms with E-state index in [0.717, 1.165) is 12.0 Å². The zero-order valence-corrected chi connectivity index (χ0v) is 12.9. The van der Waals surface area contributed by atoms with Crippen molar-refractivity contribution < 1.29 is 24.2 Å². The summed E-state index contributed by atoms with van der Waals surface area (Å²) in [5.74, 6) is -0.0916. The van der Waals surface area contributed by atoms with Crippen LogP contribution >= 0.6 is 0 Å². The van der Waals surface area contributed by atoms with Crippen LogP contribution < -0.4 is 9.47 Å². The second-order valence-electron chi connectivity index (χ2n) is 5.37. The van der Waals surface area contributed by atoms with E-state index in [1.54, 1.807) is 25.2 Å². The minimum Gasteiger partial charge on any atom is -0.497 e. The second kappa shape index (κ2) is 7.15. The lowest BCUT2D eigenvalue weighted by atomic mass is 9.93. The van der Waals surface area contributed by atoms with E-state index in [0.29, 0.717) is 31.0 Å². The van der Waals surface area contributed by atoms with Gasteiger partial charge in [0, 0.05) is 30.6 Å². The number of likely N-dealkylation sites (tertiary alicyclic amines) is 1. The minimum atomic E-state index is -0.928. The van der Waals surface area contributed by atoms with E-state index in [2.05, 4.69) is 0 Å². The van der Waals surface area contributed by atoms with E-state index in [4.69, 9.17) is 14.6 Å². The molecule has 1 saturated heterocycles. The first-order valence-corrected chi connectivity index (χ1v) is 7.26. The van der Waals surface area contributed by atoms with Gasteiger partial charge in [-0.15, -0.1) is 0 Å². The molecule has 6 nitrogen and oxygen atoms in total. The van der Waals surface area contributed by atoms with Crippen molar-refractivity contribution in [1.82, 2.24) is 4.90 Å². The molecule has 120 valence electrons. The van der Waals surface area contributed by atoms with Crippen molar-refractivity contribution in [3.63, 3.8) is 0 Å². The number of aliphatic carboxylic acids is 1. The van der Waals surface area contributed by atoms with Crippen molar-refractivity contribution in [2.75, 3.05) is 20.8 Å². The zero-order chi connectivity index (χ0) is 16.1. The summed E-state index contributed by atoms with van der Waals surface area (Å²) in [5, 5.41) is 8.89. The molecule has 6 heteroatoms. The molecule has 1 aliphatic heterocycles. The monoisotopic (exact) mass is 307 g/mol. The number of piperidine rings is 1. The van der Waals surface area contributed by atoms with E-state index in [1.165, 1.54) is 0 Å². The maximum absolute atomic E-state index is 12.4. The quantitative estimate of drug-likeness (QED) is 0.869. The van der Waals surface area contributed by atoms with Gasteiger partial charge >= 0.3 is 5.97 Å². The molecule has 1 atom stereocenters. The fourth-order valence-corrected chi connectivity index (χ4v) is 2.77. The summed E-state index contributed by atoms with van der Waals surface area (Å²) < 4.78 is 10.5. The Bertz CT molecular complexity index is 557. The third-order valence-electron chi connectivity index (χ3n) is 3.92. The van der Waals surface area contributed by atoms with Crippen LogP contribution in [0.4, 0.5) is 0 Å². The average Bonchev–Trinajstić information content (AvgIpc) is 2.51. The lowest BCUT2D eigenvalue weighted by Gasteiger charge is -2.32. The molecule has 1 fully saturated rings. The smallest absolute Gasteiger partial charge is 0.304 e. The van der Waals surface area contributed by atoms with Gasteiger partial charge in [0.25, 0.3) is 0 Å². The molecular weight excluding hydrogens is 286 g/mol. The maximum atomic E-state index is 12.4. The SMILES string of the molecule is COc1ccc(CN2CCCC(CC(=O)O)C2=O)c(OC)c1. The molecule has 1 aromatic carbocycles. The number of hydrogen-bond acceptors (Lipinski definition) is 4. The Morgan fingerprint density at radius 1 is 1.36 bits per heavy atom. The van der Waals surface area contributed by atoms with Gasteiger partial charge in [0.1, 0.15) is 11.5 Å². The number of carboxylic acids is 1. The molecule has 2 rings (SSSR count). The maximum Gasteiger partial charge on any atom is 0.304 e. The molecule has 1 aliphatic rings. The number of carbonyl (C=O) groups is 2. The molecule has 1 N–H and O–H groups in total. The molecule has 0 radical (unpaired) electrons. The number of benzene rings is 1. The Hall–Kier alpha value is -2.24. The van der Waals surface area contributed by atoms with Crippen molar-refractivity contribution in [2.24, 2.45) is 5.92 Å². The molecule has 0 bridgehead atoms. The largest absolute Gasteiger partial charge is 0.497 e. The lowest BCUT2D eigenvalue weighted by Crippen LogP contribution is -2.41. The molecular formula is C16H21NO5. The number of amides is 1. The van der Waals surface area contributed by atoms with Gasteiger partial charge in [-0.25, -0.2) is 0 Å². The van der Waals surface area contributed by atoms with Crippen LogP contribution in [0.1, 0.15) is 24.8 Å². The van der Waals surface area contributed by atoms with Gasteiger partial charge in [0.05, 0.1) is 20.6 Å². The van der Waals surface area contributed by atoms with Crippen molar-refractivity contribution in [1.29, 1.82) is 0 Å². The normalized spacial score (nSPS) is 18.2. The Morgan fingerprint density at radius 2 is 2.14 bits per heavy atom. The summed E-state index contributed by atoms with van der Waals surface area (Å²) in [6.45, 7) is 1.06. The number of rotatable bonds is 6. The molecule has 0 saturated carbocycles. The van der Waals surface area contributed by atoms with Gasteiger partial charge in [-0.3, -0.25) is 9.59 Å². The molecule has 1 heterocycles. The Kier molecular flexibility index (Phi) is 5.25. The molecule has 22 heavy (non-hydrogen) atoms. The van der Waals surface area contributed by atoms with E-state index in [-0.39, 0.29) is 12.3 Å². The highest BCUT2D eigenvalue weighted by atomic mass is 16.5. The molecule has 1 aromatic rings. The number of methoxy groups -OCH3 is 2. The molecule has 0 spiro atoms. The Labute approximate surface area is 129 Å². The molecule has 0 aromatic heterocycles. The summed E-state index contributed by atoms with van der Waals surface area (Å²) in [4.78, 5) is 24.9. The van der Waals surface area contributed by atoms with E-state index in [1.807, 2.05) is 12.1 Å². The fourth-order valence-electron chi connectivity index (χ4n) is 2.77. The summed E-state index contributed by atoms with van der Waals surface area (Å²) in [5.41, 5.74) is 0.882. The van der Waals surface area contributed by atoms with Crippen LogP contribution in [0.15, 0.2) is 18.2 Å². The van der Waals surface area contributed by atoms with Crippen LogP contribution in [0.25, 0.3) is 0 Å². The first-order chi connectivity index (χ1) is 10.5. The number of carbonyl (C=O) groups excluding carboxylic acids is 1. The van der Waals surface area contributed by atoms with Gasteiger partial charge in [0.15, 0.2) is 0 Å². The number of hydrogen-bond donors (Lipinski definition) is 1. The van der Waals surface area contributed by atoms with Gasteiger partial charge in [-0.05, 0) is 25.0 Å². The van der Waals surface area contributed by atoms with Crippen molar-refractivity contribution in [2.45, 2.75) is 25.8 Å². The molecule has 1 amide bonds. The van der Waals surface area contributed by atoms with Crippen molar-refractivity contribution in [3.05, 3.63) is 23.8 Å². The first-order valence-electron chi connectivity index (χ1n) is 7.26. The van der Waals surface area contributed by atoms with Crippen LogP contribution in [0, 0.1) is 5.92 Å². The third kappa shape index (κ3) is 3.69. The summed E-state index contributed by atoms with van der Waals surface area (Å²) >= 11 is 0. The zero-order valence-electron chi connectivity index (χ0n) is 12.9. The first kappa shape index (κ1) is 16.1. The van der Waals surface area contributed by atoms with Gasteiger partial charge in [-0.1, -0.05) is 0 Å². The standard InChI is InChI=1S/C16H21NO5/c1-21-13-6-5-12(14(9-13)22-2)10-17-7-3-4-11(16(17)20)8-15(18)19/h5-6,9,11H,3-4,7-8,10H2,1-2H3,(H,18,19). The van der Waals surface area contributed by atoms with Crippen molar-refractivity contribution >= 4 is 11.9 Å². The van der Waals surface area contributed by atoms with E-state index < -0.39 is 11.9 Å². The number of carboxylic acid groups (broad SMARTS) is 1. The van der Waals surface area contributed by atoms with Gasteiger partial charge in [0.2, 0.25) is 5.91 Å². The third-order valence-corrected chi connectivity index (χ3v) is 3.92. The van der Waals surface area contributed by atoms with Gasteiger partial charge in [-0.2, -0.15) is 0 Å². The predicted octanol–water partition coefficient (Wildman–Crippen LogP) is 1.92. The minimum absolute atomic E-state index is 0.0912. The highest BCUT2D eigenvalue weighted by Crippen LogP contribution is 2.28. The topological polar surface area (TPSA) is 76.1 Å². The van der Waals surface area contributed by atoms with Crippen LogP contribution in [0.3, 0.4) is 0 Å². The predicted molar refractivity (Wildman–Crippen MR) is 79.9 cm³/mol. The second-order valence-corrected chi connectivity index (χ2v) is 5.37. The fraction of sp³-hybridized carbons (Fsp3) is 0.500. The van der Waals surface area contributed by atoms with Crippen molar-refractivity contribution in [3.8, 4) is 11.5 Å². The van der Waals surface area contributed by atoms with E-state index >= 15 is 0 Å². The lowest BCUT2D eigenvalue weighted by molar-refractivity contribution is -0.147. The van der Waals surface area contributed by atoms with E-state index in [9.17, 15) is 9.59 Å². The number of ether oxygens (including phenoxy) is 2. The van der Waals surface area contributed by atoms with Crippen LogP contribution in [0.2, 0.25) is 0 Å². The summed E-state index contributed by atoms with van der Waals surface area (Å²) in [7, 11) is 3.16. The highest BCUT2D eigenvalue weighted by molar-refractivity contribution is 5.83.